The molecule has 1 aliphatic rings. The number of hydrogen-bond donors (Lipinski definition) is 1. The van der Waals surface area contributed by atoms with Gasteiger partial charge in [0, 0.05) is 25.9 Å². The van der Waals surface area contributed by atoms with Crippen LogP contribution >= 0.6 is 0 Å². The molecule has 0 unspecified atom stereocenters. The Morgan fingerprint density at radius 3 is 2.38 bits per heavy atom. The summed E-state index contributed by atoms with van der Waals surface area (Å²) in [5.74, 6) is 0.0189. The molecule has 0 spiro atoms. The summed E-state index contributed by atoms with van der Waals surface area (Å²) in [5.41, 5.74) is 0. The monoisotopic (exact) mass is 227 g/mol. The molecule has 0 saturated carbocycles. The summed E-state index contributed by atoms with van der Waals surface area (Å²) in [7, 11) is 0. The Balaban J connectivity index is 2.23. The molecule has 1 N–H and O–H groups in total. The first-order chi connectivity index (χ1) is 7.63. The highest BCUT2D eigenvalue weighted by Gasteiger charge is 2.22. The van der Waals surface area contributed by atoms with Crippen molar-refractivity contribution >= 4 is 11.9 Å². The van der Waals surface area contributed by atoms with E-state index >= 15 is 0 Å². The van der Waals surface area contributed by atoms with Crippen molar-refractivity contribution in [1.29, 1.82) is 0 Å². The number of carbonyl (C=O) groups is 2. The zero-order chi connectivity index (χ0) is 12.0. The van der Waals surface area contributed by atoms with Gasteiger partial charge in [0.15, 0.2) is 0 Å². The summed E-state index contributed by atoms with van der Waals surface area (Å²) in [6.45, 7) is 3.63. The standard InChI is InChI=1S/C12H21NO3/c1-2-3-11(14)13-8-6-10(7-9-13)4-5-12(15)16/h10H,2-9H2,1H3,(H,15,16). The van der Waals surface area contributed by atoms with E-state index in [9.17, 15) is 9.59 Å². The van der Waals surface area contributed by atoms with E-state index in [2.05, 4.69) is 0 Å². The molecule has 4 heteroatoms. The summed E-state index contributed by atoms with van der Waals surface area (Å²) in [5, 5.41) is 8.59. The van der Waals surface area contributed by atoms with Crippen LogP contribution in [-0.2, 0) is 9.59 Å². The Morgan fingerprint density at radius 1 is 1.25 bits per heavy atom. The lowest BCUT2D eigenvalue weighted by Gasteiger charge is -2.31. The third kappa shape index (κ3) is 4.21. The molecule has 92 valence electrons. The first-order valence-corrected chi connectivity index (χ1v) is 6.13. The Morgan fingerprint density at radius 2 is 1.88 bits per heavy atom. The summed E-state index contributed by atoms with van der Waals surface area (Å²) in [6, 6.07) is 0. The maximum atomic E-state index is 11.6. The van der Waals surface area contributed by atoms with Crippen molar-refractivity contribution < 1.29 is 14.7 Å². The van der Waals surface area contributed by atoms with Crippen LogP contribution in [0, 0.1) is 5.92 Å². The molecular formula is C12H21NO3. The van der Waals surface area contributed by atoms with Crippen molar-refractivity contribution in [2.45, 2.75) is 45.4 Å². The van der Waals surface area contributed by atoms with Gasteiger partial charge in [-0.25, -0.2) is 0 Å². The van der Waals surface area contributed by atoms with Gasteiger partial charge in [-0.15, -0.1) is 0 Å². The predicted octanol–water partition coefficient (Wildman–Crippen LogP) is 1.89. The fourth-order valence-electron chi connectivity index (χ4n) is 2.17. The van der Waals surface area contributed by atoms with Gasteiger partial charge in [-0.1, -0.05) is 6.92 Å². The zero-order valence-electron chi connectivity index (χ0n) is 9.95. The minimum Gasteiger partial charge on any atom is -0.481 e. The van der Waals surface area contributed by atoms with Crippen LogP contribution in [0.5, 0.6) is 0 Å². The van der Waals surface area contributed by atoms with E-state index in [1.807, 2.05) is 11.8 Å². The van der Waals surface area contributed by atoms with Crippen LogP contribution < -0.4 is 0 Å². The molecule has 0 radical (unpaired) electrons. The van der Waals surface area contributed by atoms with E-state index < -0.39 is 5.97 Å². The third-order valence-electron chi connectivity index (χ3n) is 3.20. The normalized spacial score (nSPS) is 17.4. The van der Waals surface area contributed by atoms with Crippen LogP contribution in [0.15, 0.2) is 0 Å². The Hall–Kier alpha value is -1.06. The number of carboxylic acid groups (broad SMARTS) is 1. The maximum Gasteiger partial charge on any atom is 0.303 e. The molecule has 0 aromatic rings. The summed E-state index contributed by atoms with van der Waals surface area (Å²) in [6.07, 6.45) is 4.47. The van der Waals surface area contributed by atoms with Crippen molar-refractivity contribution in [3.8, 4) is 0 Å². The zero-order valence-corrected chi connectivity index (χ0v) is 9.95. The van der Waals surface area contributed by atoms with Crippen molar-refractivity contribution in [2.75, 3.05) is 13.1 Å². The number of amides is 1. The molecule has 1 saturated heterocycles. The van der Waals surface area contributed by atoms with Crippen molar-refractivity contribution in [1.82, 2.24) is 4.90 Å². The van der Waals surface area contributed by atoms with E-state index in [4.69, 9.17) is 5.11 Å². The molecule has 0 aromatic carbocycles. The number of carbonyl (C=O) groups excluding carboxylic acids is 1. The maximum absolute atomic E-state index is 11.6. The van der Waals surface area contributed by atoms with Crippen LogP contribution in [0.3, 0.4) is 0 Å². The number of piperidine rings is 1. The molecule has 0 bridgehead atoms. The minimum atomic E-state index is -0.718. The van der Waals surface area contributed by atoms with Crippen molar-refractivity contribution in [2.24, 2.45) is 5.92 Å². The fourth-order valence-corrected chi connectivity index (χ4v) is 2.17. The highest BCUT2D eigenvalue weighted by Crippen LogP contribution is 2.22. The van der Waals surface area contributed by atoms with Gasteiger partial charge < -0.3 is 10.0 Å². The number of hydrogen-bond acceptors (Lipinski definition) is 2. The van der Waals surface area contributed by atoms with Crippen LogP contribution in [0.1, 0.15) is 45.4 Å². The van der Waals surface area contributed by atoms with Gasteiger partial charge in [0.1, 0.15) is 0 Å². The molecule has 0 aliphatic carbocycles. The SMILES string of the molecule is CCCC(=O)N1CCC(CCC(=O)O)CC1. The number of rotatable bonds is 5. The molecule has 16 heavy (non-hydrogen) atoms. The second-order valence-corrected chi connectivity index (χ2v) is 4.51. The average Bonchev–Trinajstić information content (AvgIpc) is 2.27. The number of carboxylic acids is 1. The molecule has 0 aromatic heterocycles. The van der Waals surface area contributed by atoms with Gasteiger partial charge in [0.25, 0.3) is 0 Å². The molecular weight excluding hydrogens is 206 g/mol. The van der Waals surface area contributed by atoms with Gasteiger partial charge in [0.2, 0.25) is 5.91 Å². The lowest BCUT2D eigenvalue weighted by molar-refractivity contribution is -0.138. The first-order valence-electron chi connectivity index (χ1n) is 6.13. The number of aliphatic carboxylic acids is 1. The quantitative estimate of drug-likeness (QED) is 0.780. The largest absolute Gasteiger partial charge is 0.481 e. The van der Waals surface area contributed by atoms with Crippen LogP contribution in [0.2, 0.25) is 0 Å². The summed E-state index contributed by atoms with van der Waals surface area (Å²) in [4.78, 5) is 24.0. The molecule has 0 atom stereocenters. The number of likely N-dealkylation sites (tertiary alicyclic amines) is 1. The Kier molecular flexibility index (Phi) is 5.29. The molecule has 1 fully saturated rings. The highest BCUT2D eigenvalue weighted by atomic mass is 16.4. The average molecular weight is 227 g/mol. The van der Waals surface area contributed by atoms with E-state index in [-0.39, 0.29) is 12.3 Å². The molecule has 1 amide bonds. The van der Waals surface area contributed by atoms with Gasteiger partial charge in [-0.2, -0.15) is 0 Å². The molecule has 1 aliphatic heterocycles. The van der Waals surface area contributed by atoms with E-state index in [1.165, 1.54) is 0 Å². The Labute approximate surface area is 96.6 Å². The fraction of sp³-hybridized carbons (Fsp3) is 0.833. The van der Waals surface area contributed by atoms with Gasteiger partial charge >= 0.3 is 5.97 Å². The van der Waals surface area contributed by atoms with E-state index in [0.717, 1.165) is 38.8 Å². The summed E-state index contributed by atoms with van der Waals surface area (Å²) >= 11 is 0. The Bertz CT molecular complexity index is 245. The lowest BCUT2D eigenvalue weighted by Crippen LogP contribution is -2.38. The predicted molar refractivity (Wildman–Crippen MR) is 61.1 cm³/mol. The second-order valence-electron chi connectivity index (χ2n) is 4.51. The molecule has 1 rings (SSSR count). The van der Waals surface area contributed by atoms with Gasteiger partial charge in [-0.05, 0) is 31.6 Å². The van der Waals surface area contributed by atoms with Gasteiger partial charge in [-0.3, -0.25) is 9.59 Å². The molecule has 1 heterocycles. The smallest absolute Gasteiger partial charge is 0.303 e. The minimum absolute atomic E-state index is 0.249. The van der Waals surface area contributed by atoms with Crippen LogP contribution in [0.25, 0.3) is 0 Å². The van der Waals surface area contributed by atoms with E-state index in [0.29, 0.717) is 12.3 Å². The highest BCUT2D eigenvalue weighted by molar-refractivity contribution is 5.76. The lowest BCUT2D eigenvalue weighted by atomic mass is 9.92. The number of nitrogens with zero attached hydrogens (tertiary/aromatic N) is 1. The van der Waals surface area contributed by atoms with Crippen LogP contribution in [-0.4, -0.2) is 35.0 Å². The second kappa shape index (κ2) is 6.51. The van der Waals surface area contributed by atoms with E-state index in [1.54, 1.807) is 0 Å². The van der Waals surface area contributed by atoms with Crippen molar-refractivity contribution in [3.63, 3.8) is 0 Å². The van der Waals surface area contributed by atoms with Gasteiger partial charge in [0.05, 0.1) is 0 Å². The first kappa shape index (κ1) is 13.0. The topological polar surface area (TPSA) is 57.6 Å². The third-order valence-corrected chi connectivity index (χ3v) is 3.20. The van der Waals surface area contributed by atoms with Crippen LogP contribution in [0.4, 0.5) is 0 Å². The van der Waals surface area contributed by atoms with Crippen molar-refractivity contribution in [3.05, 3.63) is 0 Å². The summed E-state index contributed by atoms with van der Waals surface area (Å²) < 4.78 is 0. The molecule has 4 nitrogen and oxygen atoms in total.